The van der Waals surface area contributed by atoms with Crippen molar-refractivity contribution in [3.05, 3.63) is 41.7 Å². The molecule has 0 spiro atoms. The highest BCUT2D eigenvalue weighted by molar-refractivity contribution is 5.46. The van der Waals surface area contributed by atoms with Crippen molar-refractivity contribution in [1.82, 2.24) is 9.78 Å². The van der Waals surface area contributed by atoms with Gasteiger partial charge in [-0.3, -0.25) is 4.68 Å². The summed E-state index contributed by atoms with van der Waals surface area (Å²) in [4.78, 5) is 0. The maximum absolute atomic E-state index is 5.18. The van der Waals surface area contributed by atoms with Crippen molar-refractivity contribution in [2.24, 2.45) is 0 Å². The molecule has 4 heteroatoms. The molecule has 21 heavy (non-hydrogen) atoms. The molecule has 0 bridgehead atoms. The number of aromatic nitrogens is 2. The van der Waals surface area contributed by atoms with Gasteiger partial charge in [0.25, 0.3) is 0 Å². The van der Waals surface area contributed by atoms with E-state index in [-0.39, 0.29) is 0 Å². The standard InChI is InChI=1S/C17H23N3O/c1-13-17(12-19-20(13)15-5-3-4-6-15)18-11-14-7-9-16(21-2)10-8-14/h7-10,12,15,18H,3-6,11H2,1-2H3. The molecule has 4 nitrogen and oxygen atoms in total. The second-order valence-corrected chi connectivity index (χ2v) is 5.73. The van der Waals surface area contributed by atoms with Gasteiger partial charge in [0, 0.05) is 6.54 Å². The summed E-state index contributed by atoms with van der Waals surface area (Å²) in [5, 5.41) is 8.06. The number of methoxy groups -OCH3 is 1. The highest BCUT2D eigenvalue weighted by atomic mass is 16.5. The Balaban J connectivity index is 1.64. The van der Waals surface area contributed by atoms with Gasteiger partial charge in [0.15, 0.2) is 0 Å². The van der Waals surface area contributed by atoms with Crippen molar-refractivity contribution in [3.8, 4) is 5.75 Å². The van der Waals surface area contributed by atoms with Crippen LogP contribution in [0, 0.1) is 6.92 Å². The van der Waals surface area contributed by atoms with Crippen molar-refractivity contribution in [2.75, 3.05) is 12.4 Å². The predicted octanol–water partition coefficient (Wildman–Crippen LogP) is 3.93. The molecular weight excluding hydrogens is 262 g/mol. The SMILES string of the molecule is COc1ccc(CNc2cnn(C3CCCC3)c2C)cc1. The maximum Gasteiger partial charge on any atom is 0.118 e. The van der Waals surface area contributed by atoms with Gasteiger partial charge in [-0.2, -0.15) is 5.10 Å². The molecule has 1 saturated carbocycles. The third kappa shape index (κ3) is 3.04. The van der Waals surface area contributed by atoms with Gasteiger partial charge >= 0.3 is 0 Å². The number of nitrogens with one attached hydrogen (secondary N) is 1. The van der Waals surface area contributed by atoms with Crippen LogP contribution in [-0.2, 0) is 6.54 Å². The van der Waals surface area contributed by atoms with Crippen LogP contribution in [0.2, 0.25) is 0 Å². The average Bonchev–Trinajstić information content (AvgIpc) is 3.15. The van der Waals surface area contributed by atoms with E-state index in [0.717, 1.165) is 18.0 Å². The third-order valence-electron chi connectivity index (χ3n) is 4.36. The Kier molecular flexibility index (Phi) is 4.13. The van der Waals surface area contributed by atoms with Crippen LogP contribution in [0.5, 0.6) is 5.75 Å². The van der Waals surface area contributed by atoms with E-state index in [1.807, 2.05) is 18.3 Å². The highest BCUT2D eigenvalue weighted by Crippen LogP contribution is 2.31. The van der Waals surface area contributed by atoms with E-state index in [9.17, 15) is 0 Å². The zero-order valence-corrected chi connectivity index (χ0v) is 12.8. The molecule has 0 aliphatic heterocycles. The van der Waals surface area contributed by atoms with Gasteiger partial charge in [-0.1, -0.05) is 25.0 Å². The summed E-state index contributed by atoms with van der Waals surface area (Å²) in [6.45, 7) is 2.96. The van der Waals surface area contributed by atoms with Crippen LogP contribution < -0.4 is 10.1 Å². The number of hydrogen-bond donors (Lipinski definition) is 1. The number of ether oxygens (including phenoxy) is 1. The largest absolute Gasteiger partial charge is 0.497 e. The molecule has 112 valence electrons. The van der Waals surface area contributed by atoms with Crippen molar-refractivity contribution >= 4 is 5.69 Å². The van der Waals surface area contributed by atoms with E-state index in [2.05, 4.69) is 34.2 Å². The molecule has 1 aromatic carbocycles. The Bertz CT molecular complexity index is 583. The van der Waals surface area contributed by atoms with Gasteiger partial charge in [-0.25, -0.2) is 0 Å². The number of anilines is 1. The van der Waals surface area contributed by atoms with Gasteiger partial charge in [-0.15, -0.1) is 0 Å². The molecular formula is C17H23N3O. The van der Waals surface area contributed by atoms with Gasteiger partial charge in [0.05, 0.1) is 30.7 Å². The number of nitrogens with zero attached hydrogens (tertiary/aromatic N) is 2. The fourth-order valence-electron chi connectivity index (χ4n) is 3.05. The van der Waals surface area contributed by atoms with Crippen LogP contribution in [0.25, 0.3) is 0 Å². The lowest BCUT2D eigenvalue weighted by Gasteiger charge is -2.13. The first-order chi connectivity index (χ1) is 10.3. The first-order valence-corrected chi connectivity index (χ1v) is 7.69. The molecule has 1 aromatic heterocycles. The third-order valence-corrected chi connectivity index (χ3v) is 4.36. The maximum atomic E-state index is 5.18. The second kappa shape index (κ2) is 6.20. The summed E-state index contributed by atoms with van der Waals surface area (Å²) in [6.07, 6.45) is 7.15. The molecule has 0 unspecified atom stereocenters. The summed E-state index contributed by atoms with van der Waals surface area (Å²) in [7, 11) is 1.69. The molecule has 1 aliphatic carbocycles. The fraction of sp³-hybridized carbons (Fsp3) is 0.471. The molecule has 0 radical (unpaired) electrons. The predicted molar refractivity (Wildman–Crippen MR) is 84.8 cm³/mol. The minimum absolute atomic E-state index is 0.599. The minimum atomic E-state index is 0.599. The van der Waals surface area contributed by atoms with Gasteiger partial charge in [-0.05, 0) is 37.5 Å². The lowest BCUT2D eigenvalue weighted by molar-refractivity contribution is 0.414. The van der Waals surface area contributed by atoms with E-state index in [0.29, 0.717) is 6.04 Å². The molecule has 1 N–H and O–H groups in total. The van der Waals surface area contributed by atoms with E-state index in [4.69, 9.17) is 4.74 Å². The summed E-state index contributed by atoms with van der Waals surface area (Å²) < 4.78 is 7.38. The van der Waals surface area contributed by atoms with E-state index in [1.54, 1.807) is 7.11 Å². The Morgan fingerprint density at radius 2 is 1.95 bits per heavy atom. The molecule has 0 atom stereocenters. The smallest absolute Gasteiger partial charge is 0.118 e. The number of benzene rings is 1. The first-order valence-electron chi connectivity index (χ1n) is 7.69. The quantitative estimate of drug-likeness (QED) is 0.904. The molecule has 2 aromatic rings. The summed E-state index contributed by atoms with van der Waals surface area (Å²) in [5.74, 6) is 0.893. The van der Waals surface area contributed by atoms with E-state index >= 15 is 0 Å². The van der Waals surface area contributed by atoms with Crippen LogP contribution in [0.4, 0.5) is 5.69 Å². The van der Waals surface area contributed by atoms with Gasteiger partial charge < -0.3 is 10.1 Å². The topological polar surface area (TPSA) is 39.1 Å². The molecule has 3 rings (SSSR count). The Hall–Kier alpha value is -1.97. The zero-order chi connectivity index (χ0) is 14.7. The second-order valence-electron chi connectivity index (χ2n) is 5.73. The normalized spacial score (nSPS) is 15.3. The molecule has 0 saturated heterocycles. The Morgan fingerprint density at radius 1 is 1.24 bits per heavy atom. The van der Waals surface area contributed by atoms with Crippen LogP contribution in [-0.4, -0.2) is 16.9 Å². The van der Waals surface area contributed by atoms with E-state index < -0.39 is 0 Å². The molecule has 0 amide bonds. The first kappa shape index (κ1) is 14.0. The minimum Gasteiger partial charge on any atom is -0.497 e. The lowest BCUT2D eigenvalue weighted by Crippen LogP contribution is -2.09. The molecule has 1 fully saturated rings. The Morgan fingerprint density at radius 3 is 2.62 bits per heavy atom. The van der Waals surface area contributed by atoms with Gasteiger partial charge in [0.2, 0.25) is 0 Å². The van der Waals surface area contributed by atoms with Crippen molar-refractivity contribution in [3.63, 3.8) is 0 Å². The highest BCUT2D eigenvalue weighted by Gasteiger charge is 2.20. The zero-order valence-electron chi connectivity index (χ0n) is 12.8. The van der Waals surface area contributed by atoms with E-state index in [1.165, 1.54) is 36.9 Å². The molecule has 1 aliphatic rings. The van der Waals surface area contributed by atoms with Gasteiger partial charge in [0.1, 0.15) is 5.75 Å². The fourth-order valence-corrected chi connectivity index (χ4v) is 3.05. The summed E-state index contributed by atoms with van der Waals surface area (Å²) >= 11 is 0. The Labute approximate surface area is 126 Å². The average molecular weight is 285 g/mol. The molecule has 1 heterocycles. The lowest BCUT2D eigenvalue weighted by atomic mass is 10.2. The van der Waals surface area contributed by atoms with Crippen LogP contribution in [0.15, 0.2) is 30.5 Å². The van der Waals surface area contributed by atoms with Crippen LogP contribution in [0.3, 0.4) is 0 Å². The number of rotatable bonds is 5. The number of hydrogen-bond acceptors (Lipinski definition) is 3. The summed E-state index contributed by atoms with van der Waals surface area (Å²) in [6, 6.07) is 8.75. The van der Waals surface area contributed by atoms with Crippen LogP contribution in [0.1, 0.15) is 43.0 Å². The van der Waals surface area contributed by atoms with Crippen molar-refractivity contribution in [1.29, 1.82) is 0 Å². The van der Waals surface area contributed by atoms with Crippen molar-refractivity contribution in [2.45, 2.75) is 45.2 Å². The summed E-state index contributed by atoms with van der Waals surface area (Å²) in [5.41, 5.74) is 3.62. The van der Waals surface area contributed by atoms with Crippen LogP contribution >= 0.6 is 0 Å². The monoisotopic (exact) mass is 285 g/mol. The van der Waals surface area contributed by atoms with Crippen molar-refractivity contribution < 1.29 is 4.74 Å².